The standard InChI is InChI=1S/C24H30O3Si3/c1-4-28(22-16-10-7-11-17-22)25-29(5-2,23-18-12-8-13-19-23)27-30(6-3,26-28)24-20-14-9-15-21-24/h7-21H,4-6H2,1-3H3. The average Bonchev–Trinajstić information content (AvgIpc) is 2.85. The third-order valence-electron chi connectivity index (χ3n) is 6.03. The SMILES string of the molecule is CC[Si]1(c2ccccc2)O[Si](CC)(c2ccccc2)O[Si](CC)(c2ccccc2)O1. The summed E-state index contributed by atoms with van der Waals surface area (Å²) in [7, 11) is -8.14. The van der Waals surface area contributed by atoms with Crippen LogP contribution in [0.5, 0.6) is 0 Å². The van der Waals surface area contributed by atoms with Gasteiger partial charge in [-0.05, 0) is 33.7 Å². The zero-order chi connectivity index (χ0) is 21.1. The fraction of sp³-hybridized carbons (Fsp3) is 0.250. The molecule has 1 aliphatic rings. The van der Waals surface area contributed by atoms with Gasteiger partial charge in [0.25, 0.3) is 0 Å². The first-order chi connectivity index (χ1) is 14.6. The van der Waals surface area contributed by atoms with Gasteiger partial charge >= 0.3 is 25.7 Å². The van der Waals surface area contributed by atoms with E-state index in [0.717, 1.165) is 18.1 Å². The van der Waals surface area contributed by atoms with Gasteiger partial charge in [-0.25, -0.2) is 0 Å². The van der Waals surface area contributed by atoms with Crippen molar-refractivity contribution in [2.75, 3.05) is 0 Å². The topological polar surface area (TPSA) is 27.7 Å². The Bertz CT molecular complexity index is 818. The van der Waals surface area contributed by atoms with E-state index in [9.17, 15) is 0 Å². The first kappa shape index (κ1) is 21.4. The van der Waals surface area contributed by atoms with Crippen molar-refractivity contribution in [2.24, 2.45) is 0 Å². The van der Waals surface area contributed by atoms with Gasteiger partial charge in [-0.1, -0.05) is 112 Å². The summed E-state index contributed by atoms with van der Waals surface area (Å²) in [6.07, 6.45) is 0. The van der Waals surface area contributed by atoms with Gasteiger partial charge in [0.1, 0.15) is 0 Å². The van der Waals surface area contributed by atoms with E-state index in [-0.39, 0.29) is 0 Å². The van der Waals surface area contributed by atoms with Crippen molar-refractivity contribution >= 4 is 41.2 Å². The summed E-state index contributed by atoms with van der Waals surface area (Å²) in [4.78, 5) is 0. The lowest BCUT2D eigenvalue weighted by Gasteiger charge is -2.53. The molecule has 156 valence electrons. The van der Waals surface area contributed by atoms with E-state index in [1.807, 2.05) is 0 Å². The highest BCUT2D eigenvalue weighted by atomic mass is 28.5. The second kappa shape index (κ2) is 8.74. The molecule has 0 unspecified atom stereocenters. The van der Waals surface area contributed by atoms with Gasteiger partial charge in [-0.15, -0.1) is 0 Å². The summed E-state index contributed by atoms with van der Waals surface area (Å²) in [5.74, 6) is 0. The monoisotopic (exact) mass is 450 g/mol. The van der Waals surface area contributed by atoms with E-state index in [4.69, 9.17) is 12.3 Å². The Kier molecular flexibility index (Phi) is 6.24. The second-order valence-corrected chi connectivity index (χ2v) is 18.5. The molecule has 0 atom stereocenters. The Hall–Kier alpha value is -1.81. The maximum atomic E-state index is 7.18. The molecular formula is C24H30O3Si3. The largest absolute Gasteiger partial charge is 0.409 e. The van der Waals surface area contributed by atoms with Crippen LogP contribution in [-0.4, -0.2) is 25.7 Å². The predicted molar refractivity (Wildman–Crippen MR) is 130 cm³/mol. The minimum Gasteiger partial charge on any atom is -0.409 e. The summed E-state index contributed by atoms with van der Waals surface area (Å²) >= 11 is 0. The van der Waals surface area contributed by atoms with Crippen LogP contribution < -0.4 is 15.6 Å². The highest BCUT2D eigenvalue weighted by Gasteiger charge is 2.62. The van der Waals surface area contributed by atoms with Crippen LogP contribution in [0.3, 0.4) is 0 Å². The number of benzene rings is 3. The minimum absolute atomic E-state index is 0.865. The lowest BCUT2D eigenvalue weighted by molar-refractivity contribution is 0.240. The predicted octanol–water partition coefficient (Wildman–Crippen LogP) is 4.16. The van der Waals surface area contributed by atoms with E-state index in [2.05, 4.69) is 112 Å². The number of hydrogen-bond donors (Lipinski definition) is 0. The molecule has 0 radical (unpaired) electrons. The molecule has 0 bridgehead atoms. The Labute approximate surface area is 183 Å². The van der Waals surface area contributed by atoms with Gasteiger partial charge < -0.3 is 12.3 Å². The fourth-order valence-corrected chi connectivity index (χ4v) is 22.0. The molecule has 6 heteroatoms. The molecule has 1 saturated heterocycles. The summed E-state index contributed by atoms with van der Waals surface area (Å²) in [5.41, 5.74) is 0. The van der Waals surface area contributed by atoms with Crippen molar-refractivity contribution in [3.63, 3.8) is 0 Å². The molecule has 1 heterocycles. The molecule has 1 fully saturated rings. The van der Waals surface area contributed by atoms with E-state index < -0.39 is 25.7 Å². The quantitative estimate of drug-likeness (QED) is 0.528. The minimum atomic E-state index is -2.71. The van der Waals surface area contributed by atoms with Crippen molar-refractivity contribution in [1.29, 1.82) is 0 Å². The van der Waals surface area contributed by atoms with Crippen LogP contribution in [0.2, 0.25) is 18.1 Å². The van der Waals surface area contributed by atoms with Crippen molar-refractivity contribution in [3.05, 3.63) is 91.0 Å². The molecule has 3 nitrogen and oxygen atoms in total. The first-order valence-electron chi connectivity index (χ1n) is 10.9. The maximum Gasteiger partial charge on any atom is 0.355 e. The van der Waals surface area contributed by atoms with Gasteiger partial charge in [0.2, 0.25) is 0 Å². The lowest BCUT2D eigenvalue weighted by atomic mass is 10.4. The fourth-order valence-electron chi connectivity index (χ4n) is 4.34. The van der Waals surface area contributed by atoms with Gasteiger partial charge in [-0.3, -0.25) is 0 Å². The van der Waals surface area contributed by atoms with Crippen molar-refractivity contribution in [2.45, 2.75) is 38.9 Å². The normalized spacial score (nSPS) is 28.9. The maximum absolute atomic E-state index is 7.18. The highest BCUT2D eigenvalue weighted by molar-refractivity contribution is 7.06. The third-order valence-corrected chi connectivity index (χ3v) is 20.4. The van der Waals surface area contributed by atoms with Crippen LogP contribution in [0.1, 0.15) is 20.8 Å². The van der Waals surface area contributed by atoms with E-state index in [1.165, 1.54) is 15.6 Å². The Morgan fingerprint density at radius 2 is 0.667 bits per heavy atom. The van der Waals surface area contributed by atoms with E-state index in [1.54, 1.807) is 0 Å². The van der Waals surface area contributed by atoms with Crippen molar-refractivity contribution < 1.29 is 12.3 Å². The Morgan fingerprint density at radius 3 is 0.867 bits per heavy atom. The molecule has 0 amide bonds. The molecular weight excluding hydrogens is 421 g/mol. The van der Waals surface area contributed by atoms with Crippen LogP contribution in [0.15, 0.2) is 91.0 Å². The van der Waals surface area contributed by atoms with Gasteiger partial charge in [0, 0.05) is 0 Å². The summed E-state index contributed by atoms with van der Waals surface area (Å²) < 4.78 is 21.5. The molecule has 0 N–H and O–H groups in total. The van der Waals surface area contributed by atoms with Crippen LogP contribution in [-0.2, 0) is 12.3 Å². The molecule has 0 saturated carbocycles. The van der Waals surface area contributed by atoms with Gasteiger partial charge in [0.15, 0.2) is 0 Å². The molecule has 3 aromatic rings. The van der Waals surface area contributed by atoms with Crippen LogP contribution in [0.25, 0.3) is 0 Å². The Morgan fingerprint density at radius 1 is 0.433 bits per heavy atom. The third kappa shape index (κ3) is 3.68. The second-order valence-electron chi connectivity index (χ2n) is 7.72. The number of hydrogen-bond acceptors (Lipinski definition) is 3. The summed E-state index contributed by atoms with van der Waals surface area (Å²) in [6, 6.07) is 34.4. The highest BCUT2D eigenvalue weighted by Crippen LogP contribution is 2.36. The Balaban J connectivity index is 1.95. The lowest BCUT2D eigenvalue weighted by Crippen LogP contribution is -2.79. The zero-order valence-corrected chi connectivity index (χ0v) is 21.0. The van der Waals surface area contributed by atoms with Gasteiger partial charge in [-0.2, -0.15) is 0 Å². The molecule has 0 aromatic heterocycles. The van der Waals surface area contributed by atoms with E-state index in [0.29, 0.717) is 0 Å². The van der Waals surface area contributed by atoms with Crippen LogP contribution in [0.4, 0.5) is 0 Å². The number of rotatable bonds is 6. The summed E-state index contributed by atoms with van der Waals surface area (Å²) in [5, 5.41) is 3.62. The zero-order valence-electron chi connectivity index (χ0n) is 18.0. The van der Waals surface area contributed by atoms with E-state index >= 15 is 0 Å². The van der Waals surface area contributed by atoms with Crippen LogP contribution >= 0.6 is 0 Å². The molecule has 0 aliphatic carbocycles. The molecule has 3 aromatic carbocycles. The van der Waals surface area contributed by atoms with Crippen LogP contribution in [0, 0.1) is 0 Å². The average molecular weight is 451 g/mol. The van der Waals surface area contributed by atoms with Gasteiger partial charge in [0.05, 0.1) is 0 Å². The summed E-state index contributed by atoms with van der Waals surface area (Å²) in [6.45, 7) is 6.64. The van der Waals surface area contributed by atoms with Crippen molar-refractivity contribution in [3.8, 4) is 0 Å². The smallest absolute Gasteiger partial charge is 0.355 e. The molecule has 1 aliphatic heterocycles. The molecule has 4 rings (SSSR count). The first-order valence-corrected chi connectivity index (χ1v) is 17.0. The molecule has 30 heavy (non-hydrogen) atoms. The van der Waals surface area contributed by atoms with Crippen molar-refractivity contribution in [1.82, 2.24) is 0 Å². The molecule has 0 spiro atoms.